The minimum absolute atomic E-state index is 0.0843. The Balaban J connectivity index is 1.59. The lowest BCUT2D eigenvalue weighted by Crippen LogP contribution is -2.23. The van der Waals surface area contributed by atoms with Crippen LogP contribution < -0.4 is 10.6 Å². The van der Waals surface area contributed by atoms with E-state index in [0.29, 0.717) is 26.6 Å². The Morgan fingerprint density at radius 1 is 1.14 bits per heavy atom. The summed E-state index contributed by atoms with van der Waals surface area (Å²) in [4.78, 5) is 25.0. The molecule has 1 unspecified atom stereocenters. The van der Waals surface area contributed by atoms with Gasteiger partial charge in [-0.05, 0) is 42.8 Å². The van der Waals surface area contributed by atoms with Crippen LogP contribution >= 0.6 is 34.8 Å². The molecule has 0 aliphatic carbocycles. The first kappa shape index (κ1) is 19.8. The van der Waals surface area contributed by atoms with Crippen molar-refractivity contribution in [2.45, 2.75) is 19.4 Å². The van der Waals surface area contributed by atoms with Gasteiger partial charge in [0.1, 0.15) is 11.9 Å². The van der Waals surface area contributed by atoms with Crippen molar-refractivity contribution >= 4 is 58.1 Å². The Bertz CT molecular complexity index is 1120. The van der Waals surface area contributed by atoms with Crippen LogP contribution in [0.25, 0.3) is 11.1 Å². The van der Waals surface area contributed by atoms with Gasteiger partial charge in [-0.25, -0.2) is 4.68 Å². The SMILES string of the molecule is Cc1nn2c(c1-c1cccc(Cl)c1)NC(=O)C2CC(=O)Nc1cc(Cl)cc(Cl)c1. The van der Waals surface area contributed by atoms with Crippen LogP contribution in [0.15, 0.2) is 42.5 Å². The summed E-state index contributed by atoms with van der Waals surface area (Å²) < 4.78 is 1.55. The molecular weight excluding hydrogens is 435 g/mol. The Kier molecular flexibility index (Phi) is 5.25. The second kappa shape index (κ2) is 7.71. The fraction of sp³-hybridized carbons (Fsp3) is 0.150. The van der Waals surface area contributed by atoms with Gasteiger partial charge in [-0.2, -0.15) is 5.10 Å². The molecule has 0 bridgehead atoms. The number of nitrogens with zero attached hydrogens (tertiary/aromatic N) is 2. The number of rotatable bonds is 4. The molecule has 0 saturated heterocycles. The van der Waals surface area contributed by atoms with Gasteiger partial charge in [-0.1, -0.05) is 46.9 Å². The summed E-state index contributed by atoms with van der Waals surface area (Å²) in [6.45, 7) is 1.85. The highest BCUT2D eigenvalue weighted by Crippen LogP contribution is 2.39. The van der Waals surface area contributed by atoms with Crippen molar-refractivity contribution in [3.05, 3.63) is 63.2 Å². The summed E-state index contributed by atoms with van der Waals surface area (Å²) in [5, 5.41) is 11.4. The van der Waals surface area contributed by atoms with Gasteiger partial charge in [0.05, 0.1) is 12.1 Å². The molecule has 0 fully saturated rings. The van der Waals surface area contributed by atoms with Crippen LogP contribution in [0.3, 0.4) is 0 Å². The van der Waals surface area contributed by atoms with Crippen LogP contribution in [0.1, 0.15) is 18.2 Å². The van der Waals surface area contributed by atoms with Gasteiger partial charge in [-0.15, -0.1) is 0 Å². The van der Waals surface area contributed by atoms with E-state index in [0.717, 1.165) is 16.8 Å². The monoisotopic (exact) mass is 448 g/mol. The first-order chi connectivity index (χ1) is 13.8. The van der Waals surface area contributed by atoms with Crippen molar-refractivity contribution < 1.29 is 9.59 Å². The molecule has 3 aromatic rings. The first-order valence-electron chi connectivity index (χ1n) is 8.73. The van der Waals surface area contributed by atoms with E-state index in [-0.39, 0.29) is 18.2 Å². The maximum Gasteiger partial charge on any atom is 0.251 e. The van der Waals surface area contributed by atoms with Gasteiger partial charge in [0.25, 0.3) is 5.91 Å². The summed E-state index contributed by atoms with van der Waals surface area (Å²) in [5.74, 6) is -0.0952. The predicted octanol–water partition coefficient (Wildman–Crippen LogP) is 5.34. The molecule has 1 aromatic heterocycles. The van der Waals surface area contributed by atoms with Crippen molar-refractivity contribution in [2.75, 3.05) is 10.6 Å². The fourth-order valence-electron chi connectivity index (χ4n) is 3.39. The third kappa shape index (κ3) is 3.96. The lowest BCUT2D eigenvalue weighted by atomic mass is 10.1. The lowest BCUT2D eigenvalue weighted by Gasteiger charge is -2.10. The number of nitrogens with one attached hydrogen (secondary N) is 2. The fourth-order valence-corrected chi connectivity index (χ4v) is 4.10. The van der Waals surface area contributed by atoms with E-state index in [1.807, 2.05) is 25.1 Å². The van der Waals surface area contributed by atoms with E-state index in [4.69, 9.17) is 34.8 Å². The number of halogens is 3. The van der Waals surface area contributed by atoms with E-state index < -0.39 is 6.04 Å². The van der Waals surface area contributed by atoms with E-state index in [9.17, 15) is 9.59 Å². The van der Waals surface area contributed by atoms with Crippen molar-refractivity contribution in [3.63, 3.8) is 0 Å². The highest BCUT2D eigenvalue weighted by atomic mass is 35.5. The lowest BCUT2D eigenvalue weighted by molar-refractivity contribution is -0.123. The maximum atomic E-state index is 12.5. The van der Waals surface area contributed by atoms with Gasteiger partial charge < -0.3 is 10.6 Å². The molecule has 2 amide bonds. The molecule has 1 aliphatic rings. The van der Waals surface area contributed by atoms with E-state index in [1.54, 1.807) is 28.9 Å². The van der Waals surface area contributed by atoms with Crippen LogP contribution in [0.2, 0.25) is 15.1 Å². The maximum absolute atomic E-state index is 12.5. The molecule has 4 rings (SSSR count). The smallest absolute Gasteiger partial charge is 0.251 e. The van der Waals surface area contributed by atoms with Gasteiger partial charge in [0.15, 0.2) is 0 Å². The second-order valence-corrected chi connectivity index (χ2v) is 7.99. The molecule has 9 heteroatoms. The van der Waals surface area contributed by atoms with Crippen LogP contribution in [-0.2, 0) is 9.59 Å². The standard InChI is InChI=1S/C20H15Cl3N4O2/c1-10-18(11-3-2-4-12(21)5-11)19-25-20(29)16(27(19)26-10)9-17(28)24-15-7-13(22)6-14(23)8-15/h2-8,16H,9H2,1H3,(H,24,28)(H,25,29). The van der Waals surface area contributed by atoms with Crippen LogP contribution in [-0.4, -0.2) is 21.6 Å². The number of amides is 2. The molecule has 1 atom stereocenters. The number of carbonyl (C=O) groups excluding carboxylic acids is 2. The average Bonchev–Trinajstić information content (AvgIpc) is 3.08. The van der Waals surface area contributed by atoms with Gasteiger partial charge in [-0.3, -0.25) is 9.59 Å². The molecule has 6 nitrogen and oxygen atoms in total. The summed E-state index contributed by atoms with van der Waals surface area (Å²) in [6.07, 6.45) is -0.0843. The third-order valence-electron chi connectivity index (χ3n) is 4.56. The molecule has 0 saturated carbocycles. The predicted molar refractivity (Wildman–Crippen MR) is 115 cm³/mol. The molecular formula is C20H15Cl3N4O2. The van der Waals surface area contributed by atoms with Crippen LogP contribution in [0.5, 0.6) is 0 Å². The Morgan fingerprint density at radius 3 is 2.55 bits per heavy atom. The zero-order chi connectivity index (χ0) is 20.7. The van der Waals surface area contributed by atoms with Crippen LogP contribution in [0.4, 0.5) is 11.5 Å². The second-order valence-electron chi connectivity index (χ2n) is 6.68. The Labute approximate surface area is 181 Å². The minimum atomic E-state index is -0.758. The molecule has 148 valence electrons. The molecule has 2 aromatic carbocycles. The van der Waals surface area contributed by atoms with Gasteiger partial charge >= 0.3 is 0 Å². The molecule has 1 aliphatic heterocycles. The van der Waals surface area contributed by atoms with Crippen molar-refractivity contribution in [1.29, 1.82) is 0 Å². The number of carbonyl (C=O) groups is 2. The number of benzene rings is 2. The molecule has 0 radical (unpaired) electrons. The van der Waals surface area contributed by atoms with Gasteiger partial charge in [0.2, 0.25) is 5.91 Å². The summed E-state index contributed by atoms with van der Waals surface area (Å²) in [5.41, 5.74) is 2.82. The zero-order valence-electron chi connectivity index (χ0n) is 15.2. The highest BCUT2D eigenvalue weighted by molar-refractivity contribution is 6.35. The largest absolute Gasteiger partial charge is 0.326 e. The average molecular weight is 450 g/mol. The highest BCUT2D eigenvalue weighted by Gasteiger charge is 2.36. The zero-order valence-corrected chi connectivity index (χ0v) is 17.4. The molecule has 0 spiro atoms. The number of aryl methyl sites for hydroxylation is 1. The third-order valence-corrected chi connectivity index (χ3v) is 5.23. The quantitative estimate of drug-likeness (QED) is 0.564. The Morgan fingerprint density at radius 2 is 1.86 bits per heavy atom. The van der Waals surface area contributed by atoms with E-state index >= 15 is 0 Å². The van der Waals surface area contributed by atoms with Crippen molar-refractivity contribution in [3.8, 4) is 11.1 Å². The number of hydrogen-bond acceptors (Lipinski definition) is 3. The summed E-state index contributed by atoms with van der Waals surface area (Å²) in [6, 6.07) is 11.3. The number of fused-ring (bicyclic) bond motifs is 1. The molecule has 2 heterocycles. The number of anilines is 2. The van der Waals surface area contributed by atoms with Crippen molar-refractivity contribution in [1.82, 2.24) is 9.78 Å². The topological polar surface area (TPSA) is 76.0 Å². The number of hydrogen-bond donors (Lipinski definition) is 2. The molecule has 29 heavy (non-hydrogen) atoms. The number of aromatic nitrogens is 2. The van der Waals surface area contributed by atoms with E-state index in [1.165, 1.54) is 0 Å². The summed E-state index contributed by atoms with van der Waals surface area (Å²) >= 11 is 18.0. The van der Waals surface area contributed by atoms with Gasteiger partial charge in [0, 0.05) is 26.3 Å². The normalized spacial score (nSPS) is 15.2. The Hall–Kier alpha value is -2.54. The minimum Gasteiger partial charge on any atom is -0.326 e. The van der Waals surface area contributed by atoms with E-state index in [2.05, 4.69) is 15.7 Å². The summed E-state index contributed by atoms with van der Waals surface area (Å²) in [7, 11) is 0. The first-order valence-corrected chi connectivity index (χ1v) is 9.87. The van der Waals surface area contributed by atoms with Crippen molar-refractivity contribution in [2.24, 2.45) is 0 Å². The van der Waals surface area contributed by atoms with Crippen LogP contribution in [0, 0.1) is 6.92 Å². The molecule has 2 N–H and O–H groups in total.